The van der Waals surface area contributed by atoms with Gasteiger partial charge in [0.1, 0.15) is 4.38 Å². The van der Waals surface area contributed by atoms with Gasteiger partial charge in [-0.15, -0.1) is 0 Å². The number of amides is 2. The zero-order valence-corrected chi connectivity index (χ0v) is 13.4. The van der Waals surface area contributed by atoms with Gasteiger partial charge in [0.05, 0.1) is 11.4 Å². The number of carbonyl (C=O) groups excluding carboxylic acids is 2. The van der Waals surface area contributed by atoms with Gasteiger partial charge in [0.2, 0.25) is 11.8 Å². The lowest BCUT2D eigenvalue weighted by molar-refractivity contribution is -0.120. The van der Waals surface area contributed by atoms with Crippen LogP contribution in [0.15, 0.2) is 29.3 Å². The zero-order chi connectivity index (χ0) is 15.1. The molecule has 0 bridgehead atoms. The standard InChI is InChI=1S/C14H17N3O2S2/c1-10(18)15-6-7-16-13(19)9-21-14-17-12-5-3-2-4-11(12)8-20-14/h2-5H,6-9H2,1H3,(H,15,18)(H,16,19). The Hall–Kier alpha value is -1.47. The molecule has 0 saturated heterocycles. The van der Waals surface area contributed by atoms with E-state index in [0.717, 1.165) is 15.8 Å². The number of hydrogen-bond acceptors (Lipinski definition) is 5. The minimum Gasteiger partial charge on any atom is -0.355 e. The monoisotopic (exact) mass is 323 g/mol. The summed E-state index contributed by atoms with van der Waals surface area (Å²) in [6.45, 7) is 2.35. The lowest BCUT2D eigenvalue weighted by Gasteiger charge is -2.14. The third kappa shape index (κ3) is 5.43. The molecular weight excluding hydrogens is 306 g/mol. The summed E-state index contributed by atoms with van der Waals surface area (Å²) in [5.74, 6) is 1.10. The van der Waals surface area contributed by atoms with Crippen molar-refractivity contribution in [2.24, 2.45) is 4.99 Å². The second-order valence-corrected chi connectivity index (χ2v) is 6.60. The van der Waals surface area contributed by atoms with E-state index in [4.69, 9.17) is 0 Å². The molecule has 1 heterocycles. The third-order valence-corrected chi connectivity index (χ3v) is 4.95. The molecule has 1 aliphatic heterocycles. The summed E-state index contributed by atoms with van der Waals surface area (Å²) in [6.07, 6.45) is 0. The highest BCUT2D eigenvalue weighted by atomic mass is 32.2. The minimum absolute atomic E-state index is 0.0486. The van der Waals surface area contributed by atoms with Gasteiger partial charge in [0.15, 0.2) is 0 Å². The van der Waals surface area contributed by atoms with E-state index in [1.54, 1.807) is 11.8 Å². The highest BCUT2D eigenvalue weighted by molar-refractivity contribution is 8.38. The van der Waals surface area contributed by atoms with Crippen molar-refractivity contribution in [2.45, 2.75) is 12.7 Å². The molecule has 0 unspecified atom stereocenters. The van der Waals surface area contributed by atoms with Gasteiger partial charge in [-0.2, -0.15) is 0 Å². The first kappa shape index (κ1) is 15.9. The summed E-state index contributed by atoms with van der Waals surface area (Å²) in [5, 5.41) is 5.39. The Kier molecular flexibility index (Phi) is 6.13. The van der Waals surface area contributed by atoms with Crippen LogP contribution in [0.1, 0.15) is 12.5 Å². The molecule has 0 aliphatic carbocycles. The van der Waals surface area contributed by atoms with Crippen molar-refractivity contribution in [1.82, 2.24) is 10.6 Å². The smallest absolute Gasteiger partial charge is 0.230 e. The highest BCUT2D eigenvalue weighted by Crippen LogP contribution is 2.34. The third-order valence-electron chi connectivity index (χ3n) is 2.70. The van der Waals surface area contributed by atoms with Crippen LogP contribution in [0.25, 0.3) is 0 Å². The van der Waals surface area contributed by atoms with Gasteiger partial charge in [-0.05, 0) is 11.6 Å². The first-order chi connectivity index (χ1) is 10.1. The van der Waals surface area contributed by atoms with Crippen LogP contribution in [0.4, 0.5) is 5.69 Å². The first-order valence-electron chi connectivity index (χ1n) is 6.58. The molecule has 5 nitrogen and oxygen atoms in total. The van der Waals surface area contributed by atoms with Gasteiger partial charge in [0.25, 0.3) is 0 Å². The molecule has 1 aromatic carbocycles. The Balaban J connectivity index is 1.73. The maximum absolute atomic E-state index is 11.7. The van der Waals surface area contributed by atoms with Crippen molar-refractivity contribution in [3.63, 3.8) is 0 Å². The molecule has 2 amide bonds. The van der Waals surface area contributed by atoms with Crippen molar-refractivity contribution in [3.8, 4) is 0 Å². The van der Waals surface area contributed by atoms with Crippen LogP contribution >= 0.6 is 23.5 Å². The van der Waals surface area contributed by atoms with Crippen molar-refractivity contribution in [2.75, 3.05) is 18.8 Å². The second-order valence-electron chi connectivity index (χ2n) is 4.42. The van der Waals surface area contributed by atoms with Gasteiger partial charge in [-0.3, -0.25) is 9.59 Å². The summed E-state index contributed by atoms with van der Waals surface area (Å²) < 4.78 is 0.922. The minimum atomic E-state index is -0.0924. The maximum Gasteiger partial charge on any atom is 0.230 e. The quantitative estimate of drug-likeness (QED) is 0.812. The number of aliphatic imine (C=N–C) groups is 1. The number of hydrogen-bond donors (Lipinski definition) is 2. The lowest BCUT2D eigenvalue weighted by atomic mass is 10.2. The normalized spacial score (nSPS) is 13.1. The molecule has 0 saturated carbocycles. The largest absolute Gasteiger partial charge is 0.355 e. The Morgan fingerprint density at radius 3 is 2.86 bits per heavy atom. The van der Waals surface area contributed by atoms with Gasteiger partial charge < -0.3 is 10.6 Å². The fourth-order valence-electron chi connectivity index (χ4n) is 1.70. The molecule has 112 valence electrons. The maximum atomic E-state index is 11.7. The molecule has 2 N–H and O–H groups in total. The summed E-state index contributed by atoms with van der Waals surface area (Å²) in [6, 6.07) is 8.04. The lowest BCUT2D eigenvalue weighted by Crippen LogP contribution is -2.34. The molecule has 21 heavy (non-hydrogen) atoms. The van der Waals surface area contributed by atoms with Crippen LogP contribution in [-0.4, -0.2) is 35.0 Å². The van der Waals surface area contributed by atoms with E-state index in [2.05, 4.69) is 21.7 Å². The number of benzene rings is 1. The molecule has 0 radical (unpaired) electrons. The van der Waals surface area contributed by atoms with Crippen LogP contribution in [-0.2, 0) is 15.3 Å². The summed E-state index contributed by atoms with van der Waals surface area (Å²) in [7, 11) is 0. The number of fused-ring (bicyclic) bond motifs is 1. The summed E-state index contributed by atoms with van der Waals surface area (Å²) >= 11 is 3.10. The Morgan fingerprint density at radius 1 is 1.29 bits per heavy atom. The van der Waals surface area contributed by atoms with Crippen molar-refractivity contribution in [3.05, 3.63) is 29.8 Å². The van der Waals surface area contributed by atoms with Crippen LogP contribution in [0.3, 0.4) is 0 Å². The fraction of sp³-hybridized carbons (Fsp3) is 0.357. The molecule has 0 aromatic heterocycles. The number of nitrogens with zero attached hydrogens (tertiary/aromatic N) is 1. The van der Waals surface area contributed by atoms with Crippen molar-refractivity contribution < 1.29 is 9.59 Å². The van der Waals surface area contributed by atoms with Gasteiger partial charge in [-0.1, -0.05) is 41.7 Å². The van der Waals surface area contributed by atoms with E-state index in [0.29, 0.717) is 18.8 Å². The Bertz CT molecular complexity index is 561. The van der Waals surface area contributed by atoms with Gasteiger partial charge >= 0.3 is 0 Å². The number of thioether (sulfide) groups is 2. The molecule has 2 rings (SSSR count). The fourth-order valence-corrected chi connectivity index (χ4v) is 3.60. The van der Waals surface area contributed by atoms with Crippen LogP contribution in [0.2, 0.25) is 0 Å². The number of carbonyl (C=O) groups is 2. The summed E-state index contributed by atoms with van der Waals surface area (Å²) in [5.41, 5.74) is 2.22. The molecule has 0 fully saturated rings. The molecular formula is C14H17N3O2S2. The first-order valence-corrected chi connectivity index (χ1v) is 8.55. The van der Waals surface area contributed by atoms with E-state index in [1.165, 1.54) is 24.2 Å². The van der Waals surface area contributed by atoms with Crippen molar-refractivity contribution in [1.29, 1.82) is 0 Å². The second kappa shape index (κ2) is 8.09. The van der Waals surface area contributed by atoms with Gasteiger partial charge in [-0.25, -0.2) is 4.99 Å². The highest BCUT2D eigenvalue weighted by Gasteiger charge is 2.13. The van der Waals surface area contributed by atoms with E-state index in [1.807, 2.05) is 18.2 Å². The van der Waals surface area contributed by atoms with Gasteiger partial charge in [0, 0.05) is 25.8 Å². The van der Waals surface area contributed by atoms with E-state index in [-0.39, 0.29) is 11.8 Å². The predicted octanol–water partition coefficient (Wildman–Crippen LogP) is 1.91. The molecule has 7 heteroatoms. The summed E-state index contributed by atoms with van der Waals surface area (Å²) in [4.78, 5) is 26.9. The SMILES string of the molecule is CC(=O)NCCNC(=O)CSC1=Nc2ccccc2CS1. The van der Waals surface area contributed by atoms with Crippen molar-refractivity contribution >= 4 is 45.4 Å². The predicted molar refractivity (Wildman–Crippen MR) is 89.0 cm³/mol. The van der Waals surface area contributed by atoms with E-state index in [9.17, 15) is 9.59 Å². The number of para-hydroxylation sites is 1. The number of rotatable bonds is 5. The molecule has 0 spiro atoms. The Morgan fingerprint density at radius 2 is 2.05 bits per heavy atom. The molecule has 1 aromatic rings. The molecule has 0 atom stereocenters. The van der Waals surface area contributed by atoms with E-state index < -0.39 is 0 Å². The number of nitrogens with one attached hydrogen (secondary N) is 2. The average Bonchev–Trinajstić information content (AvgIpc) is 2.49. The zero-order valence-electron chi connectivity index (χ0n) is 11.7. The van der Waals surface area contributed by atoms with E-state index >= 15 is 0 Å². The van der Waals surface area contributed by atoms with Crippen LogP contribution in [0, 0.1) is 0 Å². The Labute approximate surface area is 132 Å². The van der Waals surface area contributed by atoms with Crippen LogP contribution < -0.4 is 10.6 Å². The average molecular weight is 323 g/mol. The molecule has 1 aliphatic rings. The van der Waals surface area contributed by atoms with Crippen LogP contribution in [0.5, 0.6) is 0 Å². The topological polar surface area (TPSA) is 70.6 Å².